The van der Waals surface area contributed by atoms with Crippen LogP contribution in [0.1, 0.15) is 22.8 Å². The molecule has 136 valence electrons. The minimum Gasteiger partial charge on any atom is -0.217 e. The summed E-state index contributed by atoms with van der Waals surface area (Å²) in [4.78, 5) is 9.60. The highest BCUT2D eigenvalue weighted by Crippen LogP contribution is 2.39. The molecule has 0 spiro atoms. The summed E-state index contributed by atoms with van der Waals surface area (Å²) < 4.78 is 5.74. The Kier molecular flexibility index (Phi) is 3.65. The van der Waals surface area contributed by atoms with Gasteiger partial charge in [-0.25, -0.2) is 19.3 Å². The van der Waals surface area contributed by atoms with Crippen LogP contribution in [0.5, 0.6) is 0 Å². The minimum atomic E-state index is 0.630. The van der Waals surface area contributed by atoms with Crippen molar-refractivity contribution < 1.29 is 0 Å². The molecule has 4 heterocycles. The number of rotatable bonds is 2. The lowest BCUT2D eigenvalue weighted by atomic mass is 10.3. The molecule has 0 amide bonds. The molecule has 27 heavy (non-hydrogen) atoms. The van der Waals surface area contributed by atoms with Crippen molar-refractivity contribution in [2.24, 2.45) is 0 Å². The topological polar surface area (TPSA) is 61.4 Å². The number of hydrogen-bond acceptors (Lipinski definition) is 6. The molecule has 0 radical (unpaired) electrons. The Bertz CT molecular complexity index is 1340. The molecular formula is C18H15ClN6S2. The molecule has 5 rings (SSSR count). The molecule has 0 bridgehead atoms. The van der Waals surface area contributed by atoms with Gasteiger partial charge in [0.15, 0.2) is 0 Å². The van der Waals surface area contributed by atoms with Gasteiger partial charge in [0.1, 0.15) is 11.0 Å². The summed E-state index contributed by atoms with van der Waals surface area (Å²) in [7, 11) is 0. The maximum atomic E-state index is 6.54. The second-order valence-corrected chi connectivity index (χ2v) is 8.95. The third-order valence-corrected chi connectivity index (χ3v) is 6.64. The van der Waals surface area contributed by atoms with Gasteiger partial charge in [0.2, 0.25) is 10.3 Å². The van der Waals surface area contributed by atoms with E-state index < -0.39 is 0 Å². The van der Waals surface area contributed by atoms with Crippen LogP contribution in [-0.4, -0.2) is 29.5 Å². The van der Waals surface area contributed by atoms with E-state index in [2.05, 4.69) is 10.2 Å². The van der Waals surface area contributed by atoms with Crippen molar-refractivity contribution in [3.63, 3.8) is 0 Å². The predicted molar refractivity (Wildman–Crippen MR) is 111 cm³/mol. The van der Waals surface area contributed by atoms with Crippen molar-refractivity contribution in [1.82, 2.24) is 29.5 Å². The summed E-state index contributed by atoms with van der Waals surface area (Å²) in [5, 5.41) is 11.4. The van der Waals surface area contributed by atoms with Gasteiger partial charge >= 0.3 is 0 Å². The van der Waals surface area contributed by atoms with E-state index in [0.717, 1.165) is 53.5 Å². The lowest BCUT2D eigenvalue weighted by Crippen LogP contribution is -1.97. The number of aromatic nitrogens is 6. The number of halogens is 1. The highest BCUT2D eigenvalue weighted by Gasteiger charge is 2.19. The smallest absolute Gasteiger partial charge is 0.211 e. The Morgan fingerprint density at radius 3 is 1.89 bits per heavy atom. The molecule has 0 fully saturated rings. The predicted octanol–water partition coefficient (Wildman–Crippen LogP) is 5.16. The Morgan fingerprint density at radius 2 is 1.33 bits per heavy atom. The Labute approximate surface area is 168 Å². The number of nitrogens with zero attached hydrogens (tertiary/aromatic N) is 6. The average Bonchev–Trinajstić information content (AvgIpc) is 3.32. The largest absolute Gasteiger partial charge is 0.217 e. The first kappa shape index (κ1) is 16.9. The van der Waals surface area contributed by atoms with Crippen molar-refractivity contribution in [1.29, 1.82) is 0 Å². The van der Waals surface area contributed by atoms with Gasteiger partial charge in [-0.15, -0.1) is 0 Å². The van der Waals surface area contributed by atoms with Crippen LogP contribution >= 0.6 is 34.3 Å². The van der Waals surface area contributed by atoms with E-state index in [0.29, 0.717) is 5.02 Å². The molecule has 6 nitrogen and oxygen atoms in total. The molecule has 0 aliphatic heterocycles. The van der Waals surface area contributed by atoms with Gasteiger partial charge in [-0.1, -0.05) is 34.3 Å². The summed E-state index contributed by atoms with van der Waals surface area (Å²) in [5.74, 6) is 0. The molecule has 9 heteroatoms. The molecule has 5 aromatic rings. The fourth-order valence-corrected chi connectivity index (χ4v) is 5.77. The first-order chi connectivity index (χ1) is 12.9. The van der Waals surface area contributed by atoms with E-state index in [4.69, 9.17) is 21.6 Å². The Hall–Kier alpha value is -2.29. The lowest BCUT2D eigenvalue weighted by Gasteiger charge is -1.96. The van der Waals surface area contributed by atoms with Crippen molar-refractivity contribution in [2.75, 3.05) is 0 Å². The molecule has 0 N–H and O–H groups in total. The normalized spacial score (nSPS) is 11.9. The van der Waals surface area contributed by atoms with Crippen molar-refractivity contribution in [2.45, 2.75) is 27.7 Å². The average molecular weight is 415 g/mol. The molecule has 0 aliphatic rings. The van der Waals surface area contributed by atoms with Gasteiger partial charge in [0.25, 0.3) is 0 Å². The molecule has 0 aliphatic carbocycles. The summed E-state index contributed by atoms with van der Waals surface area (Å²) in [5.41, 5.74) is 5.71. The third kappa shape index (κ3) is 2.59. The van der Waals surface area contributed by atoms with Gasteiger partial charge in [0, 0.05) is 11.4 Å². The second-order valence-electron chi connectivity index (χ2n) is 6.55. The summed E-state index contributed by atoms with van der Waals surface area (Å²) in [6, 6.07) is 6.02. The Morgan fingerprint density at radius 1 is 0.778 bits per heavy atom. The maximum Gasteiger partial charge on any atom is 0.211 e. The molecule has 0 saturated heterocycles. The van der Waals surface area contributed by atoms with Crippen LogP contribution in [0.4, 0.5) is 0 Å². The number of aryl methyl sites for hydroxylation is 4. The SMILES string of the molecule is Cc1cc(C)n(-c2nc3c(cc(Cl)c4nc(-n5nc(C)cc5C)sc43)s2)n1. The zero-order chi connectivity index (χ0) is 18.9. The summed E-state index contributed by atoms with van der Waals surface area (Å²) in [6.45, 7) is 8.01. The van der Waals surface area contributed by atoms with Crippen LogP contribution in [0.15, 0.2) is 18.2 Å². The minimum absolute atomic E-state index is 0.630. The van der Waals surface area contributed by atoms with Gasteiger partial charge in [-0.2, -0.15) is 10.2 Å². The van der Waals surface area contributed by atoms with Crippen LogP contribution < -0.4 is 0 Å². The zero-order valence-electron chi connectivity index (χ0n) is 15.1. The molecule has 1 aromatic carbocycles. The maximum absolute atomic E-state index is 6.54. The van der Waals surface area contributed by atoms with Crippen molar-refractivity contribution >= 4 is 54.7 Å². The van der Waals surface area contributed by atoms with E-state index in [1.165, 1.54) is 0 Å². The third-order valence-electron chi connectivity index (χ3n) is 4.34. The first-order valence-corrected chi connectivity index (χ1v) is 10.4. The first-order valence-electron chi connectivity index (χ1n) is 8.37. The number of benzene rings is 1. The molecule has 4 aromatic heterocycles. The van der Waals surface area contributed by atoms with Crippen LogP contribution in [0.3, 0.4) is 0 Å². The quantitative estimate of drug-likeness (QED) is 0.400. The van der Waals surface area contributed by atoms with Crippen LogP contribution in [0.2, 0.25) is 5.02 Å². The van der Waals surface area contributed by atoms with Crippen molar-refractivity contribution in [3.8, 4) is 10.3 Å². The van der Waals surface area contributed by atoms with E-state index in [-0.39, 0.29) is 0 Å². The Balaban J connectivity index is 1.76. The van der Waals surface area contributed by atoms with Gasteiger partial charge in [-0.3, -0.25) is 0 Å². The summed E-state index contributed by atoms with van der Waals surface area (Å²) >= 11 is 9.68. The lowest BCUT2D eigenvalue weighted by molar-refractivity contribution is 0.827. The molecule has 0 unspecified atom stereocenters. The van der Waals surface area contributed by atoms with Crippen LogP contribution in [0, 0.1) is 27.7 Å². The van der Waals surface area contributed by atoms with Crippen LogP contribution in [0.25, 0.3) is 30.7 Å². The zero-order valence-corrected chi connectivity index (χ0v) is 17.5. The fraction of sp³-hybridized carbons (Fsp3) is 0.222. The van der Waals surface area contributed by atoms with E-state index in [9.17, 15) is 0 Å². The van der Waals surface area contributed by atoms with E-state index in [1.54, 1.807) is 22.7 Å². The van der Waals surface area contributed by atoms with E-state index in [1.807, 2.05) is 55.3 Å². The van der Waals surface area contributed by atoms with Crippen LogP contribution in [-0.2, 0) is 0 Å². The standard InChI is InChI=1S/C18H15ClN6S2/c1-8-5-10(3)24(22-8)17-21-15-13(26-17)7-12(19)14-16(15)27-18(20-14)25-11(4)6-9(2)23-25/h5-7H,1-4H3. The highest BCUT2D eigenvalue weighted by molar-refractivity contribution is 7.24. The summed E-state index contributed by atoms with van der Waals surface area (Å²) in [6.07, 6.45) is 0. The van der Waals surface area contributed by atoms with Gasteiger partial charge < -0.3 is 0 Å². The van der Waals surface area contributed by atoms with Gasteiger partial charge in [-0.05, 0) is 45.9 Å². The van der Waals surface area contributed by atoms with Crippen molar-refractivity contribution in [3.05, 3.63) is 46.0 Å². The monoisotopic (exact) mass is 414 g/mol. The van der Waals surface area contributed by atoms with E-state index >= 15 is 0 Å². The molecular weight excluding hydrogens is 400 g/mol. The fourth-order valence-electron chi connectivity index (χ4n) is 3.22. The number of hydrogen-bond donors (Lipinski definition) is 0. The number of fused-ring (bicyclic) bond motifs is 3. The molecule has 0 saturated carbocycles. The van der Waals surface area contributed by atoms with Gasteiger partial charge in [0.05, 0.1) is 25.8 Å². The number of thiazole rings is 2. The second kappa shape index (κ2) is 5.85. The molecule has 0 atom stereocenters. The highest BCUT2D eigenvalue weighted by atomic mass is 35.5.